The molecule has 9 heavy (non-hydrogen) atoms. The molecule has 0 aliphatic carbocycles. The Morgan fingerprint density at radius 1 is 1.78 bits per heavy atom. The zero-order valence-electron chi connectivity index (χ0n) is 4.70. The number of hydrogen-bond acceptors (Lipinski definition) is 3. The highest BCUT2D eigenvalue weighted by Crippen LogP contribution is 2.03. The van der Waals surface area contributed by atoms with Crippen molar-refractivity contribution in [2.24, 2.45) is 0 Å². The summed E-state index contributed by atoms with van der Waals surface area (Å²) in [4.78, 5) is 9.96. The Balaban J connectivity index is 2.86. The van der Waals surface area contributed by atoms with E-state index in [1.807, 2.05) is 0 Å². The lowest BCUT2D eigenvalue weighted by Crippen LogP contribution is -1.74. The van der Waals surface area contributed by atoms with Gasteiger partial charge in [-0.3, -0.25) is 4.79 Å². The van der Waals surface area contributed by atoms with E-state index in [4.69, 9.17) is 5.11 Å². The average molecular weight is 126 g/mol. The van der Waals surface area contributed by atoms with Gasteiger partial charge >= 0.3 is 0 Å². The normalized spacial score (nSPS) is 9.44. The first-order valence-corrected chi connectivity index (χ1v) is 2.50. The smallest absolute Gasteiger partial charge is 0.185 e. The second-order valence-electron chi connectivity index (χ2n) is 1.63. The summed E-state index contributed by atoms with van der Waals surface area (Å²) in [5, 5.41) is 8.47. The van der Waals surface area contributed by atoms with Crippen molar-refractivity contribution in [3.8, 4) is 0 Å². The molecule has 1 aromatic rings. The van der Waals surface area contributed by atoms with Gasteiger partial charge in [-0.15, -0.1) is 0 Å². The number of rotatable bonds is 2. The largest absolute Gasteiger partial charge is 0.461 e. The van der Waals surface area contributed by atoms with Gasteiger partial charge in [0.05, 0.1) is 12.9 Å². The number of hydrogen-bond donors (Lipinski definition) is 1. The second kappa shape index (κ2) is 2.46. The highest BCUT2D eigenvalue weighted by atomic mass is 16.3. The van der Waals surface area contributed by atoms with Crippen LogP contribution < -0.4 is 0 Å². The van der Waals surface area contributed by atoms with E-state index in [2.05, 4.69) is 4.42 Å². The summed E-state index contributed by atoms with van der Waals surface area (Å²) in [6, 6.07) is 1.49. The highest BCUT2D eigenvalue weighted by Gasteiger charge is 1.96. The minimum absolute atomic E-state index is 0.0860. The van der Waals surface area contributed by atoms with Crippen LogP contribution in [-0.2, 0) is 6.61 Å². The van der Waals surface area contributed by atoms with Crippen LogP contribution in [0, 0.1) is 0 Å². The lowest BCUT2D eigenvalue weighted by Gasteiger charge is -1.77. The fourth-order valence-corrected chi connectivity index (χ4v) is 0.539. The van der Waals surface area contributed by atoms with Crippen LogP contribution in [0.3, 0.4) is 0 Å². The van der Waals surface area contributed by atoms with Crippen molar-refractivity contribution in [1.82, 2.24) is 0 Å². The molecule has 0 atom stereocenters. The quantitative estimate of drug-likeness (QED) is 0.590. The van der Waals surface area contributed by atoms with Gasteiger partial charge in [-0.1, -0.05) is 0 Å². The predicted octanol–water partition coefficient (Wildman–Crippen LogP) is 0.584. The lowest BCUT2D eigenvalue weighted by molar-refractivity contribution is 0.110. The molecule has 0 aliphatic heterocycles. The fourth-order valence-electron chi connectivity index (χ4n) is 0.539. The van der Waals surface area contributed by atoms with Gasteiger partial charge in [-0.2, -0.15) is 0 Å². The van der Waals surface area contributed by atoms with Gasteiger partial charge in [-0.05, 0) is 6.07 Å². The van der Waals surface area contributed by atoms with Crippen molar-refractivity contribution in [2.45, 2.75) is 6.61 Å². The maximum atomic E-state index is 9.96. The Bertz CT molecular complexity index is 202. The van der Waals surface area contributed by atoms with Crippen LogP contribution in [0.4, 0.5) is 0 Å². The SMILES string of the molecule is O=Cc1cc(CO)co1. The van der Waals surface area contributed by atoms with Crippen LogP contribution in [-0.4, -0.2) is 11.4 Å². The summed E-state index contributed by atoms with van der Waals surface area (Å²) in [6.45, 7) is -0.0860. The van der Waals surface area contributed by atoms with Crippen molar-refractivity contribution in [3.63, 3.8) is 0 Å². The highest BCUT2D eigenvalue weighted by molar-refractivity contribution is 5.70. The maximum Gasteiger partial charge on any atom is 0.185 e. The van der Waals surface area contributed by atoms with Crippen molar-refractivity contribution >= 4 is 6.29 Å². The van der Waals surface area contributed by atoms with E-state index < -0.39 is 0 Å². The first-order valence-electron chi connectivity index (χ1n) is 2.50. The van der Waals surface area contributed by atoms with Crippen LogP contribution in [0.1, 0.15) is 16.1 Å². The standard InChI is InChI=1S/C6H6O3/c7-2-5-1-6(3-8)9-4-5/h1,3-4,7H,2H2. The van der Waals surface area contributed by atoms with Crippen LogP contribution >= 0.6 is 0 Å². The third-order valence-electron chi connectivity index (χ3n) is 0.973. The van der Waals surface area contributed by atoms with Gasteiger partial charge in [0.1, 0.15) is 0 Å². The number of aldehydes is 1. The topological polar surface area (TPSA) is 50.4 Å². The van der Waals surface area contributed by atoms with E-state index in [0.717, 1.165) is 0 Å². The van der Waals surface area contributed by atoms with Gasteiger partial charge in [-0.25, -0.2) is 0 Å². The first kappa shape index (κ1) is 6.04. The molecule has 1 aromatic heterocycles. The van der Waals surface area contributed by atoms with E-state index in [-0.39, 0.29) is 12.4 Å². The lowest BCUT2D eigenvalue weighted by atomic mass is 10.3. The van der Waals surface area contributed by atoms with Crippen molar-refractivity contribution in [3.05, 3.63) is 23.7 Å². The molecule has 0 saturated heterocycles. The van der Waals surface area contributed by atoms with E-state index >= 15 is 0 Å². The van der Waals surface area contributed by atoms with Crippen LogP contribution in [0.2, 0.25) is 0 Å². The Kier molecular flexibility index (Phi) is 1.65. The Morgan fingerprint density at radius 3 is 2.89 bits per heavy atom. The van der Waals surface area contributed by atoms with Gasteiger partial charge in [0.15, 0.2) is 12.0 Å². The number of carbonyl (C=O) groups excluding carboxylic acids is 1. The summed E-state index contributed by atoms with van der Waals surface area (Å²) in [5.74, 6) is 0.249. The van der Waals surface area contributed by atoms with Crippen LogP contribution in [0.25, 0.3) is 0 Å². The molecule has 0 fully saturated rings. The molecule has 0 aromatic carbocycles. The van der Waals surface area contributed by atoms with Crippen LogP contribution in [0.5, 0.6) is 0 Å². The summed E-state index contributed by atoms with van der Waals surface area (Å²) in [5.41, 5.74) is 0.622. The molecule has 0 aliphatic rings. The second-order valence-corrected chi connectivity index (χ2v) is 1.63. The predicted molar refractivity (Wildman–Crippen MR) is 30.0 cm³/mol. The minimum Gasteiger partial charge on any atom is -0.461 e. The number of carbonyl (C=O) groups is 1. The third kappa shape index (κ3) is 1.17. The molecular formula is C6H6O3. The summed E-state index contributed by atoms with van der Waals surface area (Å²) in [6.07, 6.45) is 1.95. The molecule has 3 nitrogen and oxygen atoms in total. The van der Waals surface area contributed by atoms with Gasteiger partial charge in [0.25, 0.3) is 0 Å². The molecule has 1 N–H and O–H groups in total. The van der Waals surface area contributed by atoms with Crippen molar-refractivity contribution in [1.29, 1.82) is 0 Å². The summed E-state index contributed by atoms with van der Waals surface area (Å²) < 4.78 is 4.68. The molecule has 3 heteroatoms. The fraction of sp³-hybridized carbons (Fsp3) is 0.167. The van der Waals surface area contributed by atoms with Crippen molar-refractivity contribution in [2.75, 3.05) is 0 Å². The molecule has 0 amide bonds. The Labute approximate surface area is 51.9 Å². The van der Waals surface area contributed by atoms with E-state index in [1.165, 1.54) is 12.3 Å². The van der Waals surface area contributed by atoms with E-state index in [0.29, 0.717) is 11.8 Å². The number of aliphatic hydroxyl groups excluding tert-OH is 1. The molecule has 48 valence electrons. The molecule has 0 spiro atoms. The first-order chi connectivity index (χ1) is 4.36. The summed E-state index contributed by atoms with van der Waals surface area (Å²) >= 11 is 0. The van der Waals surface area contributed by atoms with Gasteiger partial charge in [0.2, 0.25) is 0 Å². The van der Waals surface area contributed by atoms with Gasteiger partial charge in [0, 0.05) is 5.56 Å². The maximum absolute atomic E-state index is 9.96. The molecular weight excluding hydrogens is 120 g/mol. The molecule has 1 rings (SSSR count). The monoisotopic (exact) mass is 126 g/mol. The van der Waals surface area contributed by atoms with Gasteiger partial charge < -0.3 is 9.52 Å². The number of aliphatic hydroxyl groups is 1. The molecule has 0 bridgehead atoms. The summed E-state index contributed by atoms with van der Waals surface area (Å²) in [7, 11) is 0. The Morgan fingerprint density at radius 2 is 2.56 bits per heavy atom. The molecule has 0 saturated carbocycles. The van der Waals surface area contributed by atoms with Crippen LogP contribution in [0.15, 0.2) is 16.7 Å². The zero-order chi connectivity index (χ0) is 6.69. The molecule has 1 heterocycles. The molecule has 0 radical (unpaired) electrons. The van der Waals surface area contributed by atoms with Crippen molar-refractivity contribution < 1.29 is 14.3 Å². The van der Waals surface area contributed by atoms with E-state index in [1.54, 1.807) is 0 Å². The number of furan rings is 1. The zero-order valence-corrected chi connectivity index (χ0v) is 4.70. The minimum atomic E-state index is -0.0860. The third-order valence-corrected chi connectivity index (χ3v) is 0.973. The Hall–Kier alpha value is -1.09. The molecule has 0 unspecified atom stereocenters. The average Bonchev–Trinajstić information content (AvgIpc) is 2.34. The van der Waals surface area contributed by atoms with E-state index in [9.17, 15) is 4.79 Å².